The van der Waals surface area contributed by atoms with Crippen LogP contribution >= 0.6 is 11.8 Å². The number of fused-ring (bicyclic) bond motifs is 1. The van der Waals surface area contributed by atoms with Crippen molar-refractivity contribution >= 4 is 17.3 Å². The van der Waals surface area contributed by atoms with Gasteiger partial charge in [0.15, 0.2) is 0 Å². The number of hydrogen-bond acceptors (Lipinski definition) is 2. The highest BCUT2D eigenvalue weighted by molar-refractivity contribution is 8.12. The van der Waals surface area contributed by atoms with Gasteiger partial charge >= 0.3 is 0 Å². The monoisotopic (exact) mass is 163 g/mol. The van der Waals surface area contributed by atoms with Crippen LogP contribution in [0.3, 0.4) is 0 Å². The van der Waals surface area contributed by atoms with Crippen molar-refractivity contribution in [3.05, 3.63) is 29.3 Å². The maximum absolute atomic E-state index is 4.19. The second kappa shape index (κ2) is 2.70. The number of nitrogens with zero attached hydrogens (tertiary/aromatic N) is 1. The lowest BCUT2D eigenvalue weighted by molar-refractivity contribution is 1.02. The van der Waals surface area contributed by atoms with Gasteiger partial charge in [0.1, 0.15) is 0 Å². The molecular weight excluding hydrogens is 154 g/mol. The third kappa shape index (κ3) is 1.31. The lowest BCUT2D eigenvalue weighted by Crippen LogP contribution is -1.91. The van der Waals surface area contributed by atoms with Crippen molar-refractivity contribution in [3.8, 4) is 0 Å². The van der Waals surface area contributed by atoms with Gasteiger partial charge in [-0.15, -0.1) is 0 Å². The van der Waals surface area contributed by atoms with E-state index in [9.17, 15) is 0 Å². The third-order valence-corrected chi connectivity index (χ3v) is 2.63. The predicted molar refractivity (Wildman–Crippen MR) is 49.2 cm³/mol. The van der Waals surface area contributed by atoms with E-state index in [-0.39, 0.29) is 0 Å². The lowest BCUT2D eigenvalue weighted by Gasteiger charge is -2.09. The summed E-state index contributed by atoms with van der Waals surface area (Å²) in [4.78, 5) is 5.55. The molecule has 1 heterocycles. The molecule has 2 rings (SSSR count). The van der Waals surface area contributed by atoms with Crippen molar-refractivity contribution in [3.63, 3.8) is 0 Å². The Labute approximate surface area is 70.5 Å². The van der Waals surface area contributed by atoms with Gasteiger partial charge in [0.25, 0.3) is 0 Å². The van der Waals surface area contributed by atoms with Gasteiger partial charge in [-0.05, 0) is 24.1 Å². The van der Waals surface area contributed by atoms with Gasteiger partial charge in [0.2, 0.25) is 0 Å². The van der Waals surface area contributed by atoms with Gasteiger partial charge in [-0.3, -0.25) is 4.99 Å². The molecule has 1 aromatic rings. The number of hydrogen-bond donors (Lipinski definition) is 0. The van der Waals surface area contributed by atoms with E-state index in [0.29, 0.717) is 0 Å². The molecule has 1 nitrogen and oxygen atoms in total. The Morgan fingerprint density at radius 3 is 3.27 bits per heavy atom. The van der Waals surface area contributed by atoms with Gasteiger partial charge < -0.3 is 0 Å². The van der Waals surface area contributed by atoms with Crippen LogP contribution in [-0.4, -0.2) is 5.55 Å². The van der Waals surface area contributed by atoms with Gasteiger partial charge in [-0.25, -0.2) is 0 Å². The zero-order valence-corrected chi connectivity index (χ0v) is 7.19. The molecule has 0 saturated heterocycles. The number of aryl methyl sites for hydroxylation is 1. The van der Waals surface area contributed by atoms with E-state index in [4.69, 9.17) is 0 Å². The maximum Gasteiger partial charge on any atom is 0.0657 e. The van der Waals surface area contributed by atoms with Crippen LogP contribution in [0.4, 0.5) is 0 Å². The minimum Gasteiger partial charge on any atom is -0.281 e. The molecule has 0 amide bonds. The Hall–Kier alpha value is -0.760. The quantitative estimate of drug-likeness (QED) is 0.572. The summed E-state index contributed by atoms with van der Waals surface area (Å²) in [6.45, 7) is 2.97. The summed E-state index contributed by atoms with van der Waals surface area (Å²) in [6, 6.07) is 6.51. The summed E-state index contributed by atoms with van der Waals surface area (Å²) in [5.74, 6) is 0. The van der Waals surface area contributed by atoms with E-state index >= 15 is 0 Å². The van der Waals surface area contributed by atoms with E-state index < -0.39 is 0 Å². The van der Waals surface area contributed by atoms with Crippen LogP contribution in [0.15, 0.2) is 28.1 Å². The number of aliphatic imine (C=N–C) groups is 1. The fourth-order valence-electron chi connectivity index (χ4n) is 1.13. The Bertz CT molecular complexity index is 304. The molecule has 0 aliphatic carbocycles. The Morgan fingerprint density at radius 1 is 1.45 bits per heavy atom. The Balaban J connectivity index is 2.48. The average molecular weight is 163 g/mol. The highest BCUT2D eigenvalue weighted by Crippen LogP contribution is 2.26. The average Bonchev–Trinajstić information content (AvgIpc) is 2.04. The summed E-state index contributed by atoms with van der Waals surface area (Å²) in [5, 5.41) is 0. The smallest absolute Gasteiger partial charge is 0.0657 e. The number of rotatable bonds is 0. The molecule has 0 aromatic heterocycles. The van der Waals surface area contributed by atoms with Crippen molar-refractivity contribution in [2.75, 3.05) is 0 Å². The van der Waals surface area contributed by atoms with Crippen molar-refractivity contribution in [1.29, 1.82) is 0 Å². The normalized spacial score (nSPS) is 14.6. The largest absolute Gasteiger partial charge is 0.281 e. The first-order valence-corrected chi connectivity index (χ1v) is 4.49. The van der Waals surface area contributed by atoms with Crippen molar-refractivity contribution in [2.45, 2.75) is 18.4 Å². The van der Waals surface area contributed by atoms with Gasteiger partial charge in [0.05, 0.1) is 12.1 Å². The highest BCUT2D eigenvalue weighted by Gasteiger charge is 2.04. The van der Waals surface area contributed by atoms with E-state index in [2.05, 4.69) is 30.1 Å². The molecule has 1 aliphatic heterocycles. The van der Waals surface area contributed by atoms with Crippen molar-refractivity contribution in [1.82, 2.24) is 0 Å². The van der Waals surface area contributed by atoms with E-state index in [1.165, 1.54) is 16.0 Å². The first kappa shape index (κ1) is 6.92. The summed E-state index contributed by atoms with van der Waals surface area (Å²) >= 11 is 1.71. The lowest BCUT2D eigenvalue weighted by atomic mass is 10.1. The molecule has 0 spiro atoms. The molecule has 0 atom stereocenters. The van der Waals surface area contributed by atoms with E-state index in [1.807, 2.05) is 5.55 Å². The summed E-state index contributed by atoms with van der Waals surface area (Å²) in [5.41, 5.74) is 4.59. The van der Waals surface area contributed by atoms with Crippen LogP contribution in [0, 0.1) is 6.92 Å². The molecular formula is C9H9NS. The van der Waals surface area contributed by atoms with Crippen LogP contribution in [0.2, 0.25) is 0 Å². The molecule has 0 saturated carbocycles. The minimum absolute atomic E-state index is 0.850. The Morgan fingerprint density at radius 2 is 2.36 bits per heavy atom. The predicted octanol–water partition coefficient (Wildman–Crippen LogP) is 2.63. The topological polar surface area (TPSA) is 12.4 Å². The number of benzene rings is 1. The second-order valence-electron chi connectivity index (χ2n) is 2.68. The van der Waals surface area contributed by atoms with Crippen LogP contribution in [0.25, 0.3) is 0 Å². The van der Waals surface area contributed by atoms with E-state index in [0.717, 1.165) is 6.54 Å². The molecule has 0 unspecified atom stereocenters. The molecule has 11 heavy (non-hydrogen) atoms. The maximum atomic E-state index is 4.19. The molecule has 56 valence electrons. The zero-order valence-electron chi connectivity index (χ0n) is 6.37. The Kier molecular flexibility index (Phi) is 1.70. The minimum atomic E-state index is 0.850. The second-order valence-corrected chi connectivity index (χ2v) is 3.56. The molecule has 0 fully saturated rings. The van der Waals surface area contributed by atoms with Gasteiger partial charge in [0, 0.05) is 4.90 Å². The molecule has 0 N–H and O–H groups in total. The third-order valence-electron chi connectivity index (χ3n) is 1.74. The van der Waals surface area contributed by atoms with Crippen LogP contribution in [0.5, 0.6) is 0 Å². The van der Waals surface area contributed by atoms with Crippen LogP contribution < -0.4 is 0 Å². The van der Waals surface area contributed by atoms with Crippen molar-refractivity contribution < 1.29 is 0 Å². The fourth-order valence-corrected chi connectivity index (χ4v) is 1.93. The number of thioether (sulfide) groups is 1. The molecule has 0 bridgehead atoms. The summed E-state index contributed by atoms with van der Waals surface area (Å²) in [6.07, 6.45) is 0. The SMILES string of the molecule is Cc1ccc2c(c1)SC=NC2. The standard InChI is InChI=1S/C9H9NS/c1-7-2-3-8-5-10-6-11-9(8)4-7/h2-4,6H,5H2,1H3. The van der Waals surface area contributed by atoms with Crippen LogP contribution in [0.1, 0.15) is 11.1 Å². The first-order chi connectivity index (χ1) is 5.36. The molecule has 1 aliphatic rings. The van der Waals surface area contributed by atoms with Crippen LogP contribution in [-0.2, 0) is 6.54 Å². The van der Waals surface area contributed by atoms with Gasteiger partial charge in [-0.2, -0.15) is 0 Å². The molecule has 1 aromatic carbocycles. The van der Waals surface area contributed by atoms with Gasteiger partial charge in [-0.1, -0.05) is 23.9 Å². The fraction of sp³-hybridized carbons (Fsp3) is 0.222. The zero-order chi connectivity index (χ0) is 7.68. The van der Waals surface area contributed by atoms with E-state index in [1.54, 1.807) is 11.8 Å². The van der Waals surface area contributed by atoms with Crippen molar-refractivity contribution in [2.24, 2.45) is 4.99 Å². The highest BCUT2D eigenvalue weighted by atomic mass is 32.2. The summed E-state index contributed by atoms with van der Waals surface area (Å²) < 4.78 is 0. The first-order valence-electron chi connectivity index (χ1n) is 3.61. The molecule has 2 heteroatoms. The molecule has 0 radical (unpaired) electrons. The summed E-state index contributed by atoms with van der Waals surface area (Å²) in [7, 11) is 0.